The Kier molecular flexibility index (Phi) is 5.09. The summed E-state index contributed by atoms with van der Waals surface area (Å²) in [5.74, 6) is -0.422. The van der Waals surface area contributed by atoms with Crippen molar-refractivity contribution in [3.8, 4) is 0 Å². The average molecular weight is 258 g/mol. The van der Waals surface area contributed by atoms with E-state index >= 15 is 0 Å². The minimum atomic E-state index is -0.859. The van der Waals surface area contributed by atoms with Crippen LogP contribution in [-0.2, 0) is 10.8 Å². The standard InChI is InChI=1S/C11H15FN2O2S/c1-17(16)6-2-5-14-11(15)8-3-4-10(13)9(12)7-8/h3-4,7H,2,5-6,13H2,1H3,(H,14,15). The third-order valence-corrected chi connectivity index (χ3v) is 3.02. The van der Waals surface area contributed by atoms with Crippen LogP contribution in [0.1, 0.15) is 16.8 Å². The lowest BCUT2D eigenvalue weighted by Crippen LogP contribution is -2.25. The molecular weight excluding hydrogens is 243 g/mol. The first-order valence-electron chi connectivity index (χ1n) is 5.14. The number of benzene rings is 1. The van der Waals surface area contributed by atoms with Gasteiger partial charge in [0, 0.05) is 34.9 Å². The van der Waals surface area contributed by atoms with Crippen LogP contribution in [0.25, 0.3) is 0 Å². The highest BCUT2D eigenvalue weighted by Gasteiger charge is 2.07. The maximum atomic E-state index is 13.1. The number of halogens is 1. The van der Waals surface area contributed by atoms with Gasteiger partial charge in [-0.25, -0.2) is 4.39 Å². The molecule has 0 aliphatic rings. The Morgan fingerprint density at radius 3 is 2.82 bits per heavy atom. The highest BCUT2D eigenvalue weighted by atomic mass is 32.2. The van der Waals surface area contributed by atoms with E-state index in [1.807, 2.05) is 0 Å². The summed E-state index contributed by atoms with van der Waals surface area (Å²) in [7, 11) is -0.859. The summed E-state index contributed by atoms with van der Waals surface area (Å²) in [5, 5.41) is 2.62. The van der Waals surface area contributed by atoms with E-state index in [1.165, 1.54) is 12.1 Å². The van der Waals surface area contributed by atoms with Crippen LogP contribution in [0.5, 0.6) is 0 Å². The fourth-order valence-corrected chi connectivity index (χ4v) is 1.80. The Hall–Kier alpha value is -1.43. The number of hydrogen-bond donors (Lipinski definition) is 2. The van der Waals surface area contributed by atoms with E-state index < -0.39 is 16.6 Å². The van der Waals surface area contributed by atoms with Gasteiger partial charge in [0.15, 0.2) is 0 Å². The van der Waals surface area contributed by atoms with Crippen molar-refractivity contribution in [2.45, 2.75) is 6.42 Å². The molecule has 0 fully saturated rings. The van der Waals surface area contributed by atoms with Crippen molar-refractivity contribution in [1.82, 2.24) is 5.32 Å². The van der Waals surface area contributed by atoms with Gasteiger partial charge in [-0.05, 0) is 24.6 Å². The number of anilines is 1. The van der Waals surface area contributed by atoms with Crippen molar-refractivity contribution in [2.24, 2.45) is 0 Å². The lowest BCUT2D eigenvalue weighted by Gasteiger charge is -2.05. The number of carbonyl (C=O) groups is 1. The highest BCUT2D eigenvalue weighted by Crippen LogP contribution is 2.11. The predicted octanol–water partition coefficient (Wildman–Crippen LogP) is 0.906. The number of nitrogens with two attached hydrogens (primary N) is 1. The first-order valence-corrected chi connectivity index (χ1v) is 6.86. The second-order valence-corrected chi connectivity index (χ2v) is 5.18. The van der Waals surface area contributed by atoms with Crippen molar-refractivity contribution in [1.29, 1.82) is 0 Å². The van der Waals surface area contributed by atoms with E-state index in [0.29, 0.717) is 18.7 Å². The summed E-state index contributed by atoms with van der Waals surface area (Å²) < 4.78 is 23.9. The summed E-state index contributed by atoms with van der Waals surface area (Å²) >= 11 is 0. The van der Waals surface area contributed by atoms with E-state index in [-0.39, 0.29) is 17.2 Å². The lowest BCUT2D eigenvalue weighted by molar-refractivity contribution is 0.0953. The number of amides is 1. The summed E-state index contributed by atoms with van der Waals surface area (Å²) in [6, 6.07) is 3.92. The van der Waals surface area contributed by atoms with Crippen molar-refractivity contribution < 1.29 is 13.4 Å². The van der Waals surface area contributed by atoms with Crippen LogP contribution < -0.4 is 11.1 Å². The van der Waals surface area contributed by atoms with E-state index in [9.17, 15) is 13.4 Å². The van der Waals surface area contributed by atoms with Gasteiger partial charge < -0.3 is 11.1 Å². The number of carbonyl (C=O) groups excluding carboxylic acids is 1. The molecule has 0 saturated carbocycles. The van der Waals surface area contributed by atoms with E-state index in [0.717, 1.165) is 6.07 Å². The molecule has 1 atom stereocenters. The molecule has 4 nitrogen and oxygen atoms in total. The third-order valence-electron chi connectivity index (χ3n) is 2.16. The van der Waals surface area contributed by atoms with Gasteiger partial charge >= 0.3 is 0 Å². The molecule has 1 amide bonds. The Morgan fingerprint density at radius 2 is 2.24 bits per heavy atom. The molecule has 1 aromatic rings. The molecule has 1 unspecified atom stereocenters. The molecule has 0 saturated heterocycles. The molecule has 1 aromatic carbocycles. The average Bonchev–Trinajstić information content (AvgIpc) is 2.27. The summed E-state index contributed by atoms with van der Waals surface area (Å²) in [6.07, 6.45) is 2.24. The molecule has 17 heavy (non-hydrogen) atoms. The van der Waals surface area contributed by atoms with Crippen LogP contribution in [0, 0.1) is 5.82 Å². The second-order valence-electron chi connectivity index (χ2n) is 3.62. The zero-order valence-corrected chi connectivity index (χ0v) is 10.3. The fraction of sp³-hybridized carbons (Fsp3) is 0.364. The van der Waals surface area contributed by atoms with Gasteiger partial charge in [-0.1, -0.05) is 0 Å². The molecule has 3 N–H and O–H groups in total. The van der Waals surface area contributed by atoms with Crippen molar-refractivity contribution in [2.75, 3.05) is 24.3 Å². The Labute approximate surface area is 102 Å². The van der Waals surface area contributed by atoms with Crippen LogP contribution in [-0.4, -0.2) is 28.7 Å². The van der Waals surface area contributed by atoms with Crippen LogP contribution in [0.2, 0.25) is 0 Å². The first-order chi connectivity index (χ1) is 8.00. The third kappa shape index (κ3) is 4.52. The minimum Gasteiger partial charge on any atom is -0.396 e. The van der Waals surface area contributed by atoms with Gasteiger partial charge in [0.2, 0.25) is 0 Å². The van der Waals surface area contributed by atoms with Crippen LogP contribution in [0.15, 0.2) is 18.2 Å². The van der Waals surface area contributed by atoms with Gasteiger partial charge in [-0.2, -0.15) is 0 Å². The summed E-state index contributed by atoms with van der Waals surface area (Å²) in [4.78, 5) is 11.6. The van der Waals surface area contributed by atoms with Gasteiger partial charge in [0.1, 0.15) is 5.82 Å². The first kappa shape index (κ1) is 13.6. The summed E-state index contributed by atoms with van der Waals surface area (Å²) in [6.45, 7) is 0.421. The minimum absolute atomic E-state index is 0.0166. The molecule has 0 aromatic heterocycles. The van der Waals surface area contributed by atoms with E-state index in [4.69, 9.17) is 5.73 Å². The largest absolute Gasteiger partial charge is 0.396 e. The normalized spacial score (nSPS) is 12.1. The second kappa shape index (κ2) is 6.34. The van der Waals surface area contributed by atoms with Gasteiger partial charge in [0.05, 0.1) is 5.69 Å². The van der Waals surface area contributed by atoms with Crippen molar-refractivity contribution in [3.05, 3.63) is 29.6 Å². The fourth-order valence-electron chi connectivity index (χ4n) is 1.25. The molecule has 0 aliphatic carbocycles. The predicted molar refractivity (Wildman–Crippen MR) is 66.7 cm³/mol. The van der Waals surface area contributed by atoms with Crippen LogP contribution in [0.3, 0.4) is 0 Å². The number of nitrogens with one attached hydrogen (secondary N) is 1. The maximum absolute atomic E-state index is 13.1. The Balaban J connectivity index is 2.47. The smallest absolute Gasteiger partial charge is 0.251 e. The summed E-state index contributed by atoms with van der Waals surface area (Å²) in [5.41, 5.74) is 5.55. The number of nitrogen functional groups attached to an aromatic ring is 1. The monoisotopic (exact) mass is 258 g/mol. The number of rotatable bonds is 5. The van der Waals surface area contributed by atoms with Gasteiger partial charge in [-0.15, -0.1) is 0 Å². The van der Waals surface area contributed by atoms with Crippen molar-refractivity contribution in [3.63, 3.8) is 0 Å². The SMILES string of the molecule is CS(=O)CCCNC(=O)c1ccc(N)c(F)c1. The quantitative estimate of drug-likeness (QED) is 0.609. The molecule has 6 heteroatoms. The zero-order chi connectivity index (χ0) is 12.8. The highest BCUT2D eigenvalue weighted by molar-refractivity contribution is 7.84. The molecule has 0 heterocycles. The molecule has 0 radical (unpaired) electrons. The lowest BCUT2D eigenvalue weighted by atomic mass is 10.2. The zero-order valence-electron chi connectivity index (χ0n) is 9.53. The molecule has 0 bridgehead atoms. The Bertz CT molecular complexity index is 437. The maximum Gasteiger partial charge on any atom is 0.251 e. The van der Waals surface area contributed by atoms with Crippen molar-refractivity contribution >= 4 is 22.4 Å². The molecule has 0 spiro atoms. The van der Waals surface area contributed by atoms with Crippen LogP contribution in [0.4, 0.5) is 10.1 Å². The molecular formula is C11H15FN2O2S. The van der Waals surface area contributed by atoms with Crippen LogP contribution >= 0.6 is 0 Å². The molecule has 94 valence electrons. The number of hydrogen-bond acceptors (Lipinski definition) is 3. The molecule has 0 aliphatic heterocycles. The van der Waals surface area contributed by atoms with E-state index in [1.54, 1.807) is 6.26 Å². The van der Waals surface area contributed by atoms with Gasteiger partial charge in [0.25, 0.3) is 5.91 Å². The van der Waals surface area contributed by atoms with Gasteiger partial charge in [-0.3, -0.25) is 9.00 Å². The topological polar surface area (TPSA) is 72.2 Å². The Morgan fingerprint density at radius 1 is 1.53 bits per heavy atom. The molecule has 1 rings (SSSR count). The van der Waals surface area contributed by atoms with E-state index in [2.05, 4.69) is 5.32 Å².